The van der Waals surface area contributed by atoms with Gasteiger partial charge in [0.2, 0.25) is 0 Å². The average Bonchev–Trinajstić information content (AvgIpc) is 3.43. The predicted molar refractivity (Wildman–Crippen MR) is 114 cm³/mol. The van der Waals surface area contributed by atoms with Crippen LogP contribution < -0.4 is 14.2 Å². The molecule has 3 aliphatic rings. The van der Waals surface area contributed by atoms with Crippen molar-refractivity contribution >= 4 is 15.7 Å². The first-order valence-corrected chi connectivity index (χ1v) is 11.8. The van der Waals surface area contributed by atoms with Gasteiger partial charge in [0, 0.05) is 18.9 Å². The molecule has 5 nitrogen and oxygen atoms in total. The average molecular weight is 420 g/mol. The molecule has 6 rings (SSSR count). The molecule has 3 aromatic rings. The fourth-order valence-electron chi connectivity index (χ4n) is 4.78. The Bertz CT molecular complexity index is 1280. The molecular formula is C24H21NO4S. The summed E-state index contributed by atoms with van der Waals surface area (Å²) in [5.41, 5.74) is 5.02. The lowest BCUT2D eigenvalue weighted by Gasteiger charge is -2.21. The van der Waals surface area contributed by atoms with Crippen LogP contribution in [0, 0.1) is 0 Å². The van der Waals surface area contributed by atoms with Crippen LogP contribution in [0.2, 0.25) is 0 Å². The van der Waals surface area contributed by atoms with Crippen molar-refractivity contribution in [1.82, 2.24) is 0 Å². The van der Waals surface area contributed by atoms with Crippen LogP contribution in [-0.2, 0) is 16.4 Å². The van der Waals surface area contributed by atoms with E-state index < -0.39 is 15.8 Å². The molecule has 0 bridgehead atoms. The van der Waals surface area contributed by atoms with Gasteiger partial charge in [-0.3, -0.25) is 4.72 Å². The second-order valence-corrected chi connectivity index (χ2v) is 9.92. The van der Waals surface area contributed by atoms with E-state index in [2.05, 4.69) is 16.9 Å². The van der Waals surface area contributed by atoms with Gasteiger partial charge in [-0.15, -0.1) is 0 Å². The Balaban J connectivity index is 1.27. The van der Waals surface area contributed by atoms with Crippen LogP contribution in [0.25, 0.3) is 11.1 Å². The van der Waals surface area contributed by atoms with Crippen LogP contribution in [0.15, 0.2) is 65.6 Å². The van der Waals surface area contributed by atoms with Crippen LogP contribution in [-0.4, -0.2) is 14.2 Å². The maximum atomic E-state index is 13.0. The zero-order chi connectivity index (χ0) is 20.3. The summed E-state index contributed by atoms with van der Waals surface area (Å²) in [6.45, 7) is 0. The first-order valence-electron chi connectivity index (χ1n) is 10.3. The third kappa shape index (κ3) is 2.78. The molecule has 1 heterocycles. The Kier molecular flexibility index (Phi) is 3.72. The van der Waals surface area contributed by atoms with E-state index in [9.17, 15) is 8.42 Å². The first-order chi connectivity index (χ1) is 14.5. The third-order valence-electron chi connectivity index (χ3n) is 6.23. The maximum Gasteiger partial charge on any atom is 0.261 e. The molecule has 0 unspecified atom stereocenters. The molecule has 6 heteroatoms. The molecule has 30 heavy (non-hydrogen) atoms. The van der Waals surface area contributed by atoms with Crippen LogP contribution in [0.1, 0.15) is 36.8 Å². The van der Waals surface area contributed by atoms with Crippen LogP contribution in [0.5, 0.6) is 11.5 Å². The molecule has 1 fully saturated rings. The maximum absolute atomic E-state index is 13.0. The van der Waals surface area contributed by atoms with Crippen LogP contribution in [0.4, 0.5) is 5.69 Å². The quantitative estimate of drug-likeness (QED) is 0.502. The van der Waals surface area contributed by atoms with Gasteiger partial charge >= 0.3 is 0 Å². The number of fused-ring (bicyclic) bond motifs is 4. The van der Waals surface area contributed by atoms with Crippen molar-refractivity contribution in [2.45, 2.75) is 42.8 Å². The van der Waals surface area contributed by atoms with E-state index in [0.29, 0.717) is 17.2 Å². The highest BCUT2D eigenvalue weighted by atomic mass is 32.2. The van der Waals surface area contributed by atoms with Gasteiger partial charge in [0.05, 0.1) is 10.6 Å². The van der Waals surface area contributed by atoms with E-state index >= 15 is 0 Å². The molecule has 0 saturated heterocycles. The van der Waals surface area contributed by atoms with Gasteiger partial charge in [-0.2, -0.15) is 0 Å². The predicted octanol–water partition coefficient (Wildman–Crippen LogP) is 5.10. The summed E-state index contributed by atoms with van der Waals surface area (Å²) in [7, 11) is -3.71. The second-order valence-electron chi connectivity index (χ2n) is 8.24. The Labute approximate surface area is 175 Å². The number of hydrogen-bond acceptors (Lipinski definition) is 4. The summed E-state index contributed by atoms with van der Waals surface area (Å²) in [5.74, 6) is 0.714. The Morgan fingerprint density at radius 2 is 1.57 bits per heavy atom. The molecule has 0 atom stereocenters. The highest BCUT2D eigenvalue weighted by Crippen LogP contribution is 2.47. The van der Waals surface area contributed by atoms with Crippen molar-refractivity contribution < 1.29 is 17.9 Å². The van der Waals surface area contributed by atoms with Crippen molar-refractivity contribution in [3.05, 3.63) is 71.8 Å². The number of ether oxygens (including phenoxy) is 2. The van der Waals surface area contributed by atoms with Gasteiger partial charge in [0.25, 0.3) is 15.8 Å². The SMILES string of the molecule is O=S(=O)(Nc1ccc2c(c1)OC1(CCCC1)O2)c1ccc2c(c1)Cc1ccccc1-2. The topological polar surface area (TPSA) is 64.6 Å². The first kappa shape index (κ1) is 17.8. The smallest absolute Gasteiger partial charge is 0.261 e. The van der Waals surface area contributed by atoms with Gasteiger partial charge in [0.1, 0.15) is 0 Å². The van der Waals surface area contributed by atoms with Crippen molar-refractivity contribution in [1.29, 1.82) is 0 Å². The molecule has 2 aliphatic carbocycles. The summed E-state index contributed by atoms with van der Waals surface area (Å²) < 4.78 is 40.8. The monoisotopic (exact) mass is 419 g/mol. The lowest BCUT2D eigenvalue weighted by molar-refractivity contribution is -0.0716. The van der Waals surface area contributed by atoms with Crippen LogP contribution in [0.3, 0.4) is 0 Å². The third-order valence-corrected chi connectivity index (χ3v) is 7.61. The Morgan fingerprint density at radius 1 is 0.800 bits per heavy atom. The van der Waals surface area contributed by atoms with E-state index in [1.165, 1.54) is 11.1 Å². The molecular weight excluding hydrogens is 398 g/mol. The number of benzene rings is 3. The normalized spacial score (nSPS) is 17.7. The minimum absolute atomic E-state index is 0.263. The molecule has 3 aromatic carbocycles. The molecule has 0 radical (unpaired) electrons. The molecule has 152 valence electrons. The lowest BCUT2D eigenvalue weighted by atomic mass is 10.1. The summed E-state index contributed by atoms with van der Waals surface area (Å²) in [4.78, 5) is 0.263. The summed E-state index contributed by atoms with van der Waals surface area (Å²) in [5, 5.41) is 0. The fraction of sp³-hybridized carbons (Fsp3) is 0.250. The molecule has 0 amide bonds. The second kappa shape index (κ2) is 6.25. The standard InChI is InChI=1S/C24H21NO4S/c26-30(27,19-8-9-21-17(14-19)13-16-5-1-2-6-20(16)21)25-18-7-10-22-23(15-18)29-24(28-22)11-3-4-12-24/h1-2,5-10,14-15,25H,3-4,11-13H2. The minimum atomic E-state index is -3.71. The molecule has 1 aliphatic heterocycles. The number of rotatable bonds is 3. The van der Waals surface area contributed by atoms with Crippen molar-refractivity contribution in [2.75, 3.05) is 4.72 Å². The summed E-state index contributed by atoms with van der Waals surface area (Å²) in [6.07, 6.45) is 4.63. The molecule has 0 aromatic heterocycles. The summed E-state index contributed by atoms with van der Waals surface area (Å²) in [6, 6.07) is 18.7. The van der Waals surface area contributed by atoms with Crippen molar-refractivity contribution in [3.63, 3.8) is 0 Å². The Hall–Kier alpha value is -2.99. The van der Waals surface area contributed by atoms with E-state index in [1.54, 1.807) is 30.3 Å². The van der Waals surface area contributed by atoms with Gasteiger partial charge < -0.3 is 9.47 Å². The number of nitrogens with one attached hydrogen (secondary N) is 1. The van der Waals surface area contributed by atoms with Crippen LogP contribution >= 0.6 is 0 Å². The van der Waals surface area contributed by atoms with Crippen molar-refractivity contribution in [3.8, 4) is 22.6 Å². The summed E-state index contributed by atoms with van der Waals surface area (Å²) >= 11 is 0. The van der Waals surface area contributed by atoms with E-state index in [4.69, 9.17) is 9.47 Å². The Morgan fingerprint density at radius 3 is 2.43 bits per heavy atom. The van der Waals surface area contributed by atoms with Gasteiger partial charge in [-0.25, -0.2) is 8.42 Å². The van der Waals surface area contributed by atoms with E-state index in [0.717, 1.165) is 43.2 Å². The fourth-order valence-corrected chi connectivity index (χ4v) is 5.88. The largest absolute Gasteiger partial charge is 0.448 e. The van der Waals surface area contributed by atoms with E-state index in [1.807, 2.05) is 18.2 Å². The number of sulfonamides is 1. The lowest BCUT2D eigenvalue weighted by Crippen LogP contribution is -2.34. The highest BCUT2D eigenvalue weighted by molar-refractivity contribution is 7.92. The molecule has 1 N–H and O–H groups in total. The van der Waals surface area contributed by atoms with Crippen molar-refractivity contribution in [2.24, 2.45) is 0 Å². The van der Waals surface area contributed by atoms with Gasteiger partial charge in [-0.05, 0) is 65.8 Å². The molecule has 1 spiro atoms. The zero-order valence-corrected chi connectivity index (χ0v) is 17.2. The highest BCUT2D eigenvalue weighted by Gasteiger charge is 2.44. The molecule has 1 saturated carbocycles. The van der Waals surface area contributed by atoms with E-state index in [-0.39, 0.29) is 4.90 Å². The van der Waals surface area contributed by atoms with Gasteiger partial charge in [0.15, 0.2) is 11.5 Å². The number of anilines is 1. The number of hydrogen-bond donors (Lipinski definition) is 1. The van der Waals surface area contributed by atoms with Gasteiger partial charge in [-0.1, -0.05) is 30.3 Å². The zero-order valence-electron chi connectivity index (χ0n) is 16.4. The minimum Gasteiger partial charge on any atom is -0.448 e.